The maximum atomic E-state index is 13.0. The minimum absolute atomic E-state index is 0.0918. The summed E-state index contributed by atoms with van der Waals surface area (Å²) in [5, 5.41) is 20.1. The molecule has 0 saturated carbocycles. The highest BCUT2D eigenvalue weighted by Crippen LogP contribution is 2.33. The van der Waals surface area contributed by atoms with Gasteiger partial charge in [0.05, 0.1) is 39.8 Å². The Kier molecular flexibility index (Phi) is 5.93. The zero-order valence-electron chi connectivity index (χ0n) is 16.8. The average Bonchev–Trinajstić information content (AvgIpc) is 3.37. The highest BCUT2D eigenvalue weighted by Gasteiger charge is 2.30. The summed E-state index contributed by atoms with van der Waals surface area (Å²) >= 11 is 2.39. The van der Waals surface area contributed by atoms with E-state index >= 15 is 0 Å². The molecular formula is C20H15F3N4O4S2. The van der Waals surface area contributed by atoms with Crippen LogP contribution < -0.4 is 10.9 Å². The van der Waals surface area contributed by atoms with Gasteiger partial charge in [-0.3, -0.25) is 14.4 Å². The Morgan fingerprint density at radius 2 is 1.97 bits per heavy atom. The average molecular weight is 496 g/mol. The lowest BCUT2D eigenvalue weighted by Crippen LogP contribution is -2.39. The van der Waals surface area contributed by atoms with Gasteiger partial charge in [-0.05, 0) is 25.1 Å². The molecule has 0 fully saturated rings. The predicted molar refractivity (Wildman–Crippen MR) is 117 cm³/mol. The van der Waals surface area contributed by atoms with Crippen LogP contribution in [-0.2, 0) is 28.7 Å². The molecule has 3 aromatic heterocycles. The van der Waals surface area contributed by atoms with Crippen LogP contribution in [0.1, 0.15) is 23.2 Å². The topological polar surface area (TPSA) is 114 Å². The van der Waals surface area contributed by atoms with Crippen LogP contribution in [0.5, 0.6) is 0 Å². The monoisotopic (exact) mass is 496 g/mol. The Labute approximate surface area is 191 Å². The van der Waals surface area contributed by atoms with Crippen LogP contribution in [-0.4, -0.2) is 37.8 Å². The quantitative estimate of drug-likeness (QED) is 0.424. The molecule has 1 amide bonds. The third kappa shape index (κ3) is 4.73. The summed E-state index contributed by atoms with van der Waals surface area (Å²) in [6.45, 7) is 1.23. The molecule has 2 N–H and O–H groups in total. The molecule has 172 valence electrons. The Hall–Kier alpha value is -3.32. The highest BCUT2D eigenvalue weighted by atomic mass is 32.1. The second-order valence-electron chi connectivity index (χ2n) is 7.20. The molecule has 0 aliphatic heterocycles. The van der Waals surface area contributed by atoms with Gasteiger partial charge in [0.15, 0.2) is 0 Å². The minimum atomic E-state index is -4.49. The van der Waals surface area contributed by atoms with Gasteiger partial charge in [0.2, 0.25) is 5.91 Å². The number of alkyl halides is 3. The molecule has 8 nitrogen and oxygen atoms in total. The van der Waals surface area contributed by atoms with Gasteiger partial charge in [0.25, 0.3) is 5.56 Å². The Morgan fingerprint density at radius 3 is 2.67 bits per heavy atom. The number of thiazole rings is 1. The van der Waals surface area contributed by atoms with E-state index in [1.807, 2.05) is 0 Å². The van der Waals surface area contributed by atoms with Crippen molar-refractivity contribution in [1.82, 2.24) is 20.1 Å². The van der Waals surface area contributed by atoms with Crippen molar-refractivity contribution in [2.24, 2.45) is 0 Å². The molecule has 4 aromatic rings. The van der Waals surface area contributed by atoms with E-state index in [9.17, 15) is 27.6 Å². The number of benzene rings is 1. The first-order chi connectivity index (χ1) is 15.5. The number of carbonyl (C=O) groups is 2. The predicted octanol–water partition coefficient (Wildman–Crippen LogP) is 3.27. The number of carboxylic acid groups (broad SMARTS) is 1. The molecule has 0 saturated heterocycles. The van der Waals surface area contributed by atoms with Crippen LogP contribution in [0.25, 0.3) is 21.0 Å². The van der Waals surface area contributed by atoms with E-state index in [4.69, 9.17) is 5.11 Å². The van der Waals surface area contributed by atoms with Gasteiger partial charge in [-0.1, -0.05) is 0 Å². The number of carbonyl (C=O) groups excluding carboxylic acids is 1. The molecule has 0 radical (unpaired) electrons. The number of nitrogens with one attached hydrogen (secondary N) is 1. The molecule has 3 heterocycles. The number of fused-ring (bicyclic) bond motifs is 2. The fourth-order valence-corrected chi connectivity index (χ4v) is 4.92. The second-order valence-corrected chi connectivity index (χ2v) is 9.06. The van der Waals surface area contributed by atoms with Gasteiger partial charge in [0, 0.05) is 16.1 Å². The molecular weight excluding hydrogens is 481 g/mol. The van der Waals surface area contributed by atoms with Crippen LogP contribution in [0.3, 0.4) is 0 Å². The molecule has 33 heavy (non-hydrogen) atoms. The van der Waals surface area contributed by atoms with Crippen molar-refractivity contribution in [1.29, 1.82) is 0 Å². The van der Waals surface area contributed by atoms with Gasteiger partial charge in [0.1, 0.15) is 11.0 Å². The van der Waals surface area contributed by atoms with E-state index in [1.54, 1.807) is 10.8 Å². The van der Waals surface area contributed by atoms with E-state index in [2.05, 4.69) is 15.4 Å². The SMILES string of the molecule is CC(NC(=O)Cc1nn(Cc2nc3cc(C(F)(F)F)ccc3s2)c(=O)c2cscc12)C(=O)O. The number of thiophene rings is 1. The summed E-state index contributed by atoms with van der Waals surface area (Å²) in [6.07, 6.45) is -4.74. The Bertz CT molecular complexity index is 1440. The molecule has 13 heteroatoms. The number of amides is 1. The summed E-state index contributed by atoms with van der Waals surface area (Å²) in [5.74, 6) is -1.76. The van der Waals surface area contributed by atoms with E-state index in [0.717, 1.165) is 28.2 Å². The van der Waals surface area contributed by atoms with Gasteiger partial charge in [-0.25, -0.2) is 9.67 Å². The van der Waals surface area contributed by atoms with Crippen molar-refractivity contribution >= 4 is 55.5 Å². The number of carboxylic acids is 1. The lowest BCUT2D eigenvalue weighted by atomic mass is 10.1. The summed E-state index contributed by atoms with van der Waals surface area (Å²) in [7, 11) is 0. The van der Waals surface area contributed by atoms with E-state index < -0.39 is 35.2 Å². The van der Waals surface area contributed by atoms with E-state index in [-0.39, 0.29) is 24.2 Å². The fourth-order valence-electron chi connectivity index (χ4n) is 3.16. The van der Waals surface area contributed by atoms with E-state index in [1.165, 1.54) is 24.3 Å². The van der Waals surface area contributed by atoms with Gasteiger partial charge in [-0.2, -0.15) is 29.6 Å². The third-order valence-corrected chi connectivity index (χ3v) is 6.56. The largest absolute Gasteiger partial charge is 0.480 e. The van der Waals surface area contributed by atoms with Crippen molar-refractivity contribution in [2.45, 2.75) is 32.1 Å². The first-order valence-corrected chi connectivity index (χ1v) is 11.2. The zero-order chi connectivity index (χ0) is 23.9. The number of halogens is 3. The lowest BCUT2D eigenvalue weighted by molar-refractivity contribution is -0.141. The molecule has 0 spiro atoms. The maximum absolute atomic E-state index is 13.0. The van der Waals surface area contributed by atoms with Crippen LogP contribution in [0.15, 0.2) is 33.8 Å². The molecule has 1 aromatic carbocycles. The van der Waals surface area contributed by atoms with Crippen LogP contribution in [0.2, 0.25) is 0 Å². The van der Waals surface area contributed by atoms with Gasteiger partial charge >= 0.3 is 12.1 Å². The maximum Gasteiger partial charge on any atom is 0.416 e. The Morgan fingerprint density at radius 1 is 1.24 bits per heavy atom. The number of rotatable bonds is 6. The van der Waals surface area contributed by atoms with Gasteiger partial charge in [-0.15, -0.1) is 11.3 Å². The lowest BCUT2D eigenvalue weighted by Gasteiger charge is -2.11. The number of aliphatic carboxylic acids is 1. The van der Waals surface area contributed by atoms with Crippen LogP contribution in [0, 0.1) is 0 Å². The summed E-state index contributed by atoms with van der Waals surface area (Å²) in [5.41, 5.74) is -0.798. The molecule has 4 rings (SSSR count). The van der Waals surface area contributed by atoms with Crippen LogP contribution >= 0.6 is 22.7 Å². The summed E-state index contributed by atoms with van der Waals surface area (Å²) < 4.78 is 40.5. The first-order valence-electron chi connectivity index (χ1n) is 9.47. The fraction of sp³-hybridized carbons (Fsp3) is 0.250. The minimum Gasteiger partial charge on any atom is -0.480 e. The van der Waals surface area contributed by atoms with Crippen molar-refractivity contribution in [3.8, 4) is 0 Å². The van der Waals surface area contributed by atoms with Gasteiger partial charge < -0.3 is 10.4 Å². The van der Waals surface area contributed by atoms with Crippen molar-refractivity contribution in [2.75, 3.05) is 0 Å². The number of aromatic nitrogens is 3. The highest BCUT2D eigenvalue weighted by molar-refractivity contribution is 7.18. The van der Waals surface area contributed by atoms with Crippen LogP contribution in [0.4, 0.5) is 13.2 Å². The second kappa shape index (κ2) is 8.56. The smallest absolute Gasteiger partial charge is 0.416 e. The van der Waals surface area contributed by atoms with Crippen molar-refractivity contribution in [3.63, 3.8) is 0 Å². The first kappa shape index (κ1) is 22.9. The normalized spacial score (nSPS) is 12.8. The molecule has 1 atom stereocenters. The molecule has 0 bridgehead atoms. The summed E-state index contributed by atoms with van der Waals surface area (Å²) in [6, 6.07) is 2.16. The Balaban J connectivity index is 1.67. The molecule has 0 aliphatic rings. The van der Waals surface area contributed by atoms with E-state index in [0.29, 0.717) is 20.5 Å². The zero-order valence-corrected chi connectivity index (χ0v) is 18.5. The summed E-state index contributed by atoms with van der Waals surface area (Å²) in [4.78, 5) is 40.3. The van der Waals surface area contributed by atoms with Crippen molar-refractivity contribution in [3.05, 3.63) is 55.6 Å². The molecule has 0 aliphatic carbocycles. The number of nitrogens with zero attached hydrogens (tertiary/aromatic N) is 3. The number of hydrogen-bond donors (Lipinski definition) is 2. The third-order valence-electron chi connectivity index (χ3n) is 4.80. The standard InChI is InChI=1S/C20H15F3N4O4S2/c1-9(19(30)31)24-16(28)5-13-11-7-32-8-12(11)18(29)27(26-13)6-17-25-14-4-10(20(21,22)23)2-3-15(14)33-17/h2-4,7-9H,5-6H2,1H3,(H,24,28)(H,30,31). The van der Waals surface area contributed by atoms with Crippen molar-refractivity contribution < 1.29 is 27.9 Å². The number of hydrogen-bond acceptors (Lipinski definition) is 7. The molecule has 1 unspecified atom stereocenters.